The van der Waals surface area contributed by atoms with E-state index in [2.05, 4.69) is 29.5 Å². The molecule has 5 nitrogen and oxygen atoms in total. The fourth-order valence-electron chi connectivity index (χ4n) is 4.57. The largest absolute Gasteiger partial charge is 0.385 e. The Morgan fingerprint density at radius 3 is 2.74 bits per heavy atom. The Balaban J connectivity index is 1.67. The summed E-state index contributed by atoms with van der Waals surface area (Å²) in [6, 6.07) is 8.49. The van der Waals surface area contributed by atoms with Crippen LogP contribution >= 0.6 is 11.3 Å². The van der Waals surface area contributed by atoms with Crippen molar-refractivity contribution in [3.05, 3.63) is 64.0 Å². The number of hydrogen-bond donors (Lipinski definition) is 2. The lowest BCUT2D eigenvalue weighted by Gasteiger charge is -2.37. The van der Waals surface area contributed by atoms with Gasteiger partial charge < -0.3 is 10.1 Å². The third-order valence-corrected chi connectivity index (χ3v) is 7.21. The number of benzene rings is 1. The number of aromatic amines is 1. The Kier molecular flexibility index (Phi) is 6.42. The van der Waals surface area contributed by atoms with Gasteiger partial charge in [-0.3, -0.25) is 9.69 Å². The highest BCUT2D eigenvalue weighted by atomic mass is 32.1. The van der Waals surface area contributed by atoms with Gasteiger partial charge in [0.05, 0.1) is 17.5 Å². The number of hydrogen-bond acceptors (Lipinski definition) is 5. The van der Waals surface area contributed by atoms with Gasteiger partial charge in [0.2, 0.25) is 0 Å². The predicted molar refractivity (Wildman–Crippen MR) is 129 cm³/mol. The number of nitrogens with zero attached hydrogens (tertiary/aromatic N) is 2. The molecule has 1 unspecified atom stereocenters. The van der Waals surface area contributed by atoms with Crippen molar-refractivity contribution in [2.24, 2.45) is 0 Å². The van der Waals surface area contributed by atoms with Crippen molar-refractivity contribution in [2.75, 3.05) is 6.54 Å². The highest BCUT2D eigenvalue weighted by Gasteiger charge is 2.28. The Labute approximate surface area is 187 Å². The Hall–Kier alpha value is -2.28. The lowest BCUT2D eigenvalue weighted by molar-refractivity contribution is 0.0291. The molecule has 1 aliphatic carbocycles. The molecule has 2 aromatic heterocycles. The van der Waals surface area contributed by atoms with E-state index >= 15 is 0 Å². The average molecular weight is 438 g/mol. The molecule has 0 saturated heterocycles. The van der Waals surface area contributed by atoms with Crippen LogP contribution in [-0.2, 0) is 6.54 Å². The van der Waals surface area contributed by atoms with Crippen LogP contribution in [0.25, 0.3) is 21.3 Å². The quantitative estimate of drug-likeness (QED) is 0.509. The van der Waals surface area contributed by atoms with Crippen molar-refractivity contribution in [3.8, 4) is 11.1 Å². The maximum atomic E-state index is 13.1. The van der Waals surface area contributed by atoms with Crippen LogP contribution in [0.3, 0.4) is 0 Å². The minimum absolute atomic E-state index is 0.0985. The number of thiophene rings is 1. The molecule has 1 atom stereocenters. The second-order valence-electron chi connectivity index (χ2n) is 8.92. The highest BCUT2D eigenvalue weighted by Crippen LogP contribution is 2.33. The number of fused-ring (bicyclic) bond motifs is 1. The average Bonchev–Trinajstić information content (AvgIpc) is 3.18. The summed E-state index contributed by atoms with van der Waals surface area (Å²) in [5, 5.41) is 13.3. The molecule has 2 N–H and O–H groups in total. The van der Waals surface area contributed by atoms with Crippen LogP contribution in [0.2, 0.25) is 0 Å². The first-order valence-corrected chi connectivity index (χ1v) is 11.9. The number of H-pyrrole nitrogens is 1. The summed E-state index contributed by atoms with van der Waals surface area (Å²) < 4.78 is 0. The Morgan fingerprint density at radius 1 is 1.29 bits per heavy atom. The van der Waals surface area contributed by atoms with Crippen LogP contribution in [0.4, 0.5) is 0 Å². The minimum Gasteiger partial charge on any atom is -0.385 e. The summed E-state index contributed by atoms with van der Waals surface area (Å²) in [5.41, 5.74) is 2.07. The smallest absolute Gasteiger partial charge is 0.260 e. The predicted octanol–water partition coefficient (Wildman–Crippen LogP) is 5.03. The topological polar surface area (TPSA) is 69.2 Å². The molecule has 6 heteroatoms. The molecule has 1 fully saturated rings. The first kappa shape index (κ1) is 21.9. The van der Waals surface area contributed by atoms with Crippen LogP contribution in [0, 0.1) is 6.92 Å². The molecule has 164 valence electrons. The second kappa shape index (κ2) is 9.07. The monoisotopic (exact) mass is 437 g/mol. The van der Waals surface area contributed by atoms with E-state index in [4.69, 9.17) is 4.98 Å². The van der Waals surface area contributed by atoms with Crippen molar-refractivity contribution in [2.45, 2.75) is 64.1 Å². The van der Waals surface area contributed by atoms with Gasteiger partial charge in [-0.15, -0.1) is 17.9 Å². The van der Waals surface area contributed by atoms with E-state index in [-0.39, 0.29) is 5.56 Å². The maximum Gasteiger partial charge on any atom is 0.260 e. The molecule has 4 rings (SSSR count). The molecular weight excluding hydrogens is 406 g/mol. The van der Waals surface area contributed by atoms with Crippen LogP contribution in [0.5, 0.6) is 0 Å². The summed E-state index contributed by atoms with van der Waals surface area (Å²) in [7, 11) is 0. The van der Waals surface area contributed by atoms with E-state index in [1.807, 2.05) is 23.6 Å². The normalized spacial score (nSPS) is 17.2. The first-order valence-electron chi connectivity index (χ1n) is 11.0. The maximum absolute atomic E-state index is 13.1. The van der Waals surface area contributed by atoms with Crippen LogP contribution in [0.15, 0.2) is 47.1 Å². The number of aromatic nitrogens is 2. The molecule has 0 amide bonds. The molecule has 0 radical (unpaired) electrons. The van der Waals surface area contributed by atoms with Crippen molar-refractivity contribution in [3.63, 3.8) is 0 Å². The number of nitrogens with one attached hydrogen (secondary N) is 1. The Bertz CT molecular complexity index is 1130. The summed E-state index contributed by atoms with van der Waals surface area (Å²) >= 11 is 1.51. The van der Waals surface area contributed by atoms with Gasteiger partial charge in [0.1, 0.15) is 10.7 Å². The first-order chi connectivity index (χ1) is 14.9. The molecule has 0 bridgehead atoms. The standard InChI is InChI=1S/C25H31N3O2S/c1-4-25(3,30)16-28(18-11-6-5-7-12-18)14-21-26-23(29)22-20(15-31-24(22)27-21)19-13-9-8-10-17(19)2/h4,8-10,13,15,18,30H,1,5-7,11-12,14,16H2,2-3H3,(H,26,27,29). The zero-order valence-electron chi connectivity index (χ0n) is 18.4. The summed E-state index contributed by atoms with van der Waals surface area (Å²) in [4.78, 5) is 24.0. The lowest BCUT2D eigenvalue weighted by atomic mass is 9.93. The van der Waals surface area contributed by atoms with E-state index in [9.17, 15) is 9.90 Å². The van der Waals surface area contributed by atoms with E-state index in [1.165, 1.54) is 30.6 Å². The molecule has 1 aromatic carbocycles. The number of aliphatic hydroxyl groups is 1. The summed E-state index contributed by atoms with van der Waals surface area (Å²) in [6.07, 6.45) is 7.47. The molecule has 1 aliphatic rings. The fourth-order valence-corrected chi connectivity index (χ4v) is 5.53. The molecule has 31 heavy (non-hydrogen) atoms. The van der Waals surface area contributed by atoms with Gasteiger partial charge in [0, 0.05) is 23.5 Å². The van der Waals surface area contributed by atoms with Gasteiger partial charge in [-0.2, -0.15) is 0 Å². The van der Waals surface area contributed by atoms with Crippen LogP contribution in [-0.4, -0.2) is 38.2 Å². The van der Waals surface area contributed by atoms with Crippen molar-refractivity contribution < 1.29 is 5.11 Å². The second-order valence-corrected chi connectivity index (χ2v) is 9.77. The van der Waals surface area contributed by atoms with Crippen molar-refractivity contribution in [1.82, 2.24) is 14.9 Å². The third-order valence-electron chi connectivity index (χ3n) is 6.34. The zero-order valence-corrected chi connectivity index (χ0v) is 19.2. The lowest BCUT2D eigenvalue weighted by Crippen LogP contribution is -2.45. The SMILES string of the molecule is C=CC(C)(O)CN(Cc1nc2scc(-c3ccccc3C)c2c(=O)[nH]1)C1CCCCC1. The van der Waals surface area contributed by atoms with Gasteiger partial charge in [-0.05, 0) is 37.8 Å². The van der Waals surface area contributed by atoms with E-state index in [0.29, 0.717) is 30.3 Å². The molecule has 0 spiro atoms. The minimum atomic E-state index is -0.983. The molecule has 2 heterocycles. The molecule has 1 saturated carbocycles. The zero-order chi connectivity index (χ0) is 22.0. The fraction of sp³-hybridized carbons (Fsp3) is 0.440. The summed E-state index contributed by atoms with van der Waals surface area (Å²) in [6.45, 7) is 8.61. The van der Waals surface area contributed by atoms with Crippen molar-refractivity contribution >= 4 is 21.6 Å². The van der Waals surface area contributed by atoms with Crippen LogP contribution < -0.4 is 5.56 Å². The molecular formula is C25H31N3O2S. The van der Waals surface area contributed by atoms with Crippen molar-refractivity contribution in [1.29, 1.82) is 0 Å². The number of rotatable bonds is 7. The van der Waals surface area contributed by atoms with Gasteiger partial charge in [-0.25, -0.2) is 4.98 Å². The molecule has 3 aromatic rings. The van der Waals surface area contributed by atoms with Crippen LogP contribution in [0.1, 0.15) is 50.4 Å². The van der Waals surface area contributed by atoms with E-state index in [1.54, 1.807) is 13.0 Å². The van der Waals surface area contributed by atoms with Gasteiger partial charge in [-0.1, -0.05) is 49.6 Å². The molecule has 0 aliphatic heterocycles. The summed E-state index contributed by atoms with van der Waals surface area (Å²) in [5.74, 6) is 0.654. The van der Waals surface area contributed by atoms with Gasteiger partial charge >= 0.3 is 0 Å². The van der Waals surface area contributed by atoms with Gasteiger partial charge in [0.25, 0.3) is 5.56 Å². The van der Waals surface area contributed by atoms with E-state index in [0.717, 1.165) is 34.4 Å². The Morgan fingerprint density at radius 2 is 2.03 bits per heavy atom. The highest BCUT2D eigenvalue weighted by molar-refractivity contribution is 7.17. The van der Waals surface area contributed by atoms with Gasteiger partial charge in [0.15, 0.2) is 0 Å². The third kappa shape index (κ3) is 4.81. The van der Waals surface area contributed by atoms with E-state index < -0.39 is 5.60 Å². The number of aryl methyl sites for hydroxylation is 1.